The standard InChI is InChI=1S/C12H14F3NO/c1-6(2)5-9(16)12(17)7-3-4-8(13)11(15)10(7)14/h3-4,6,9H,5,16H2,1-2H3. The lowest BCUT2D eigenvalue weighted by Gasteiger charge is -2.13. The molecule has 0 fully saturated rings. The summed E-state index contributed by atoms with van der Waals surface area (Å²) in [7, 11) is 0. The van der Waals surface area contributed by atoms with Crippen LogP contribution in [0.3, 0.4) is 0 Å². The molecule has 1 atom stereocenters. The summed E-state index contributed by atoms with van der Waals surface area (Å²) in [6.07, 6.45) is 0.358. The van der Waals surface area contributed by atoms with Gasteiger partial charge in [0.15, 0.2) is 23.2 Å². The van der Waals surface area contributed by atoms with Gasteiger partial charge in [0.1, 0.15) is 0 Å². The zero-order valence-corrected chi connectivity index (χ0v) is 9.64. The third-order valence-corrected chi connectivity index (χ3v) is 2.36. The van der Waals surface area contributed by atoms with Gasteiger partial charge in [-0.15, -0.1) is 0 Å². The van der Waals surface area contributed by atoms with Crippen molar-refractivity contribution in [2.75, 3.05) is 0 Å². The number of hydrogen-bond acceptors (Lipinski definition) is 2. The maximum Gasteiger partial charge on any atom is 0.195 e. The minimum atomic E-state index is -1.65. The normalized spacial score (nSPS) is 12.9. The SMILES string of the molecule is CC(C)CC(N)C(=O)c1ccc(F)c(F)c1F. The van der Waals surface area contributed by atoms with E-state index in [2.05, 4.69) is 0 Å². The molecule has 0 heterocycles. The average molecular weight is 245 g/mol. The second-order valence-corrected chi connectivity index (χ2v) is 4.32. The van der Waals surface area contributed by atoms with Crippen LogP contribution in [0.15, 0.2) is 12.1 Å². The van der Waals surface area contributed by atoms with Gasteiger partial charge in [-0.3, -0.25) is 4.79 Å². The fraction of sp³-hybridized carbons (Fsp3) is 0.417. The number of hydrogen-bond donors (Lipinski definition) is 1. The van der Waals surface area contributed by atoms with E-state index in [1.807, 2.05) is 13.8 Å². The molecule has 17 heavy (non-hydrogen) atoms. The molecule has 1 rings (SSSR count). The van der Waals surface area contributed by atoms with Crippen LogP contribution < -0.4 is 5.73 Å². The second kappa shape index (κ2) is 5.31. The Morgan fingerprint density at radius 3 is 2.35 bits per heavy atom. The van der Waals surface area contributed by atoms with Crippen molar-refractivity contribution < 1.29 is 18.0 Å². The zero-order chi connectivity index (χ0) is 13.2. The van der Waals surface area contributed by atoms with Crippen molar-refractivity contribution in [2.24, 2.45) is 11.7 Å². The Morgan fingerprint density at radius 2 is 1.82 bits per heavy atom. The summed E-state index contributed by atoms with van der Waals surface area (Å²) < 4.78 is 38.9. The van der Waals surface area contributed by atoms with E-state index in [4.69, 9.17) is 5.73 Å². The molecule has 0 aromatic heterocycles. The molecule has 1 unspecified atom stereocenters. The van der Waals surface area contributed by atoms with Crippen LogP contribution >= 0.6 is 0 Å². The number of rotatable bonds is 4. The van der Waals surface area contributed by atoms with Crippen LogP contribution in [0.25, 0.3) is 0 Å². The number of ketones is 1. The van der Waals surface area contributed by atoms with E-state index in [1.165, 1.54) is 0 Å². The molecule has 94 valence electrons. The predicted octanol–water partition coefficient (Wildman–Crippen LogP) is 2.66. The van der Waals surface area contributed by atoms with Gasteiger partial charge in [-0.25, -0.2) is 13.2 Å². The van der Waals surface area contributed by atoms with Crippen LogP contribution in [-0.2, 0) is 0 Å². The number of carbonyl (C=O) groups excluding carboxylic acids is 1. The van der Waals surface area contributed by atoms with Crippen LogP contribution in [0.2, 0.25) is 0 Å². The van der Waals surface area contributed by atoms with Gasteiger partial charge in [-0.2, -0.15) is 0 Å². The smallest absolute Gasteiger partial charge is 0.195 e. The molecule has 1 aromatic carbocycles. The number of carbonyl (C=O) groups is 1. The number of Topliss-reactive ketones (excluding diaryl/α,β-unsaturated/α-hetero) is 1. The van der Waals surface area contributed by atoms with Crippen molar-refractivity contribution >= 4 is 5.78 Å². The van der Waals surface area contributed by atoms with Gasteiger partial charge in [0, 0.05) is 0 Å². The van der Waals surface area contributed by atoms with Gasteiger partial charge >= 0.3 is 0 Å². The summed E-state index contributed by atoms with van der Waals surface area (Å²) in [6, 6.07) is 0.721. The van der Waals surface area contributed by atoms with Crippen LogP contribution in [-0.4, -0.2) is 11.8 Å². The highest BCUT2D eigenvalue weighted by Crippen LogP contribution is 2.18. The quantitative estimate of drug-likeness (QED) is 0.654. The summed E-state index contributed by atoms with van der Waals surface area (Å²) in [5, 5.41) is 0. The van der Waals surface area contributed by atoms with Crippen molar-refractivity contribution in [3.8, 4) is 0 Å². The third kappa shape index (κ3) is 3.06. The number of halogens is 3. The van der Waals surface area contributed by atoms with E-state index in [0.717, 1.165) is 6.07 Å². The molecular weight excluding hydrogens is 231 g/mol. The lowest BCUT2D eigenvalue weighted by atomic mass is 9.96. The second-order valence-electron chi connectivity index (χ2n) is 4.32. The first kappa shape index (κ1) is 13.7. The van der Waals surface area contributed by atoms with Crippen molar-refractivity contribution in [2.45, 2.75) is 26.3 Å². The highest BCUT2D eigenvalue weighted by atomic mass is 19.2. The van der Waals surface area contributed by atoms with E-state index in [1.54, 1.807) is 0 Å². The molecule has 2 nitrogen and oxygen atoms in total. The summed E-state index contributed by atoms with van der Waals surface area (Å²) in [5.41, 5.74) is 5.07. The van der Waals surface area contributed by atoms with Crippen molar-refractivity contribution in [1.82, 2.24) is 0 Å². The zero-order valence-electron chi connectivity index (χ0n) is 9.64. The Kier molecular flexibility index (Phi) is 4.28. The molecule has 0 aliphatic rings. The maximum absolute atomic E-state index is 13.3. The molecule has 0 amide bonds. The Hall–Kier alpha value is -1.36. The van der Waals surface area contributed by atoms with Crippen LogP contribution in [0.5, 0.6) is 0 Å². The summed E-state index contributed by atoms with van der Waals surface area (Å²) in [6.45, 7) is 3.71. The lowest BCUT2D eigenvalue weighted by molar-refractivity contribution is 0.0945. The molecule has 0 aliphatic carbocycles. The van der Waals surface area contributed by atoms with Gasteiger partial charge in [0.2, 0.25) is 0 Å². The first-order valence-corrected chi connectivity index (χ1v) is 5.27. The lowest BCUT2D eigenvalue weighted by Crippen LogP contribution is -2.32. The van der Waals surface area contributed by atoms with Crippen LogP contribution in [0, 0.1) is 23.4 Å². The predicted molar refractivity (Wildman–Crippen MR) is 58.1 cm³/mol. The van der Waals surface area contributed by atoms with Gasteiger partial charge < -0.3 is 5.73 Å². The molecule has 5 heteroatoms. The summed E-state index contributed by atoms with van der Waals surface area (Å²) >= 11 is 0. The number of benzene rings is 1. The Labute approximate surface area is 97.6 Å². The molecule has 0 saturated heterocycles. The highest BCUT2D eigenvalue weighted by Gasteiger charge is 2.23. The molecule has 0 radical (unpaired) electrons. The van der Waals surface area contributed by atoms with Crippen molar-refractivity contribution in [3.63, 3.8) is 0 Å². The Balaban J connectivity index is 3.01. The summed E-state index contributed by atoms with van der Waals surface area (Å²) in [4.78, 5) is 11.7. The fourth-order valence-corrected chi connectivity index (χ4v) is 1.53. The monoisotopic (exact) mass is 245 g/mol. The average Bonchev–Trinajstić information content (AvgIpc) is 2.24. The topological polar surface area (TPSA) is 43.1 Å². The van der Waals surface area contributed by atoms with E-state index in [-0.39, 0.29) is 5.92 Å². The first-order valence-electron chi connectivity index (χ1n) is 5.27. The highest BCUT2D eigenvalue weighted by molar-refractivity contribution is 6.00. The molecular formula is C12H14F3NO. The Morgan fingerprint density at radius 1 is 1.24 bits per heavy atom. The van der Waals surface area contributed by atoms with E-state index in [9.17, 15) is 18.0 Å². The molecule has 0 aliphatic heterocycles. The number of nitrogens with two attached hydrogens (primary N) is 1. The van der Waals surface area contributed by atoms with Crippen LogP contribution in [0.4, 0.5) is 13.2 Å². The Bertz CT molecular complexity index is 432. The van der Waals surface area contributed by atoms with Gasteiger partial charge in [-0.05, 0) is 24.5 Å². The first-order chi connectivity index (χ1) is 7.84. The molecule has 0 spiro atoms. The van der Waals surface area contributed by atoms with Crippen molar-refractivity contribution in [3.05, 3.63) is 35.1 Å². The third-order valence-electron chi connectivity index (χ3n) is 2.36. The summed E-state index contributed by atoms with van der Waals surface area (Å²) in [5.74, 6) is -5.00. The molecule has 1 aromatic rings. The van der Waals surface area contributed by atoms with Gasteiger partial charge in [-0.1, -0.05) is 13.8 Å². The van der Waals surface area contributed by atoms with Gasteiger partial charge in [0.25, 0.3) is 0 Å². The molecule has 2 N–H and O–H groups in total. The van der Waals surface area contributed by atoms with E-state index >= 15 is 0 Å². The minimum absolute atomic E-state index is 0.155. The minimum Gasteiger partial charge on any atom is -0.321 e. The fourth-order valence-electron chi connectivity index (χ4n) is 1.53. The van der Waals surface area contributed by atoms with Gasteiger partial charge in [0.05, 0.1) is 11.6 Å². The van der Waals surface area contributed by atoms with E-state index < -0.39 is 34.8 Å². The van der Waals surface area contributed by atoms with Crippen molar-refractivity contribution in [1.29, 1.82) is 0 Å². The molecule has 0 saturated carbocycles. The largest absolute Gasteiger partial charge is 0.321 e. The van der Waals surface area contributed by atoms with E-state index in [0.29, 0.717) is 12.5 Å². The maximum atomic E-state index is 13.3. The molecule has 0 bridgehead atoms. The van der Waals surface area contributed by atoms with Crippen LogP contribution in [0.1, 0.15) is 30.6 Å².